The van der Waals surface area contributed by atoms with E-state index in [1.54, 1.807) is 29.2 Å². The number of amides is 1. The summed E-state index contributed by atoms with van der Waals surface area (Å²) in [6.07, 6.45) is 0.825. The first-order chi connectivity index (χ1) is 14.9. The topological polar surface area (TPSA) is 66.9 Å². The molecule has 1 heterocycles. The second kappa shape index (κ2) is 8.39. The second-order valence-electron chi connectivity index (χ2n) is 7.13. The number of sulfonamides is 1. The first kappa shape index (κ1) is 20.9. The summed E-state index contributed by atoms with van der Waals surface area (Å²) in [4.78, 5) is 14.3. The molecule has 0 N–H and O–H groups in total. The van der Waals surface area contributed by atoms with Gasteiger partial charge in [-0.3, -0.25) is 9.10 Å². The van der Waals surface area contributed by atoms with Crippen molar-refractivity contribution in [2.45, 2.75) is 11.3 Å². The van der Waals surface area contributed by atoms with Gasteiger partial charge in [0.2, 0.25) is 0 Å². The first-order valence-electron chi connectivity index (χ1n) is 9.72. The third kappa shape index (κ3) is 4.25. The lowest BCUT2D eigenvalue weighted by Gasteiger charge is -2.20. The molecular weight excluding hydrogens is 419 g/mol. The quantitative estimate of drug-likeness (QED) is 0.587. The van der Waals surface area contributed by atoms with Gasteiger partial charge in [0.1, 0.15) is 11.6 Å². The molecule has 3 aromatic rings. The molecule has 0 saturated carbocycles. The van der Waals surface area contributed by atoms with E-state index in [-0.39, 0.29) is 17.4 Å². The second-order valence-corrected chi connectivity index (χ2v) is 9.10. The maximum atomic E-state index is 13.1. The number of carbonyl (C=O) groups is 1. The molecule has 0 radical (unpaired) electrons. The van der Waals surface area contributed by atoms with Gasteiger partial charge in [-0.25, -0.2) is 12.8 Å². The lowest BCUT2D eigenvalue weighted by molar-refractivity contribution is -0.120. The predicted octanol–water partition coefficient (Wildman–Crippen LogP) is 3.62. The zero-order valence-corrected chi connectivity index (χ0v) is 17.7. The molecule has 31 heavy (non-hydrogen) atoms. The van der Waals surface area contributed by atoms with Gasteiger partial charge in [0, 0.05) is 19.3 Å². The van der Waals surface area contributed by atoms with Crippen LogP contribution < -0.4 is 13.9 Å². The monoisotopic (exact) mass is 440 g/mol. The molecule has 0 atom stereocenters. The SMILES string of the molecule is CN(c1ccc(OCC(=O)N2CCc3ccccc32)cc1)S(=O)(=O)c1ccc(F)cc1. The number of nitrogens with zero attached hydrogens (tertiary/aromatic N) is 2. The van der Waals surface area contributed by atoms with Crippen molar-refractivity contribution in [3.63, 3.8) is 0 Å². The van der Waals surface area contributed by atoms with Crippen LogP contribution in [-0.4, -0.2) is 34.5 Å². The third-order valence-corrected chi connectivity index (χ3v) is 7.02. The Labute approximate surface area is 180 Å². The van der Waals surface area contributed by atoms with E-state index < -0.39 is 15.8 Å². The molecule has 3 aromatic carbocycles. The number of fused-ring (bicyclic) bond motifs is 1. The Bertz CT molecular complexity index is 1200. The number of rotatable bonds is 6. The minimum Gasteiger partial charge on any atom is -0.484 e. The third-order valence-electron chi connectivity index (χ3n) is 5.22. The molecule has 0 bridgehead atoms. The van der Waals surface area contributed by atoms with E-state index >= 15 is 0 Å². The molecule has 4 rings (SSSR count). The summed E-state index contributed by atoms with van der Waals surface area (Å²) >= 11 is 0. The highest BCUT2D eigenvalue weighted by Gasteiger charge is 2.24. The lowest BCUT2D eigenvalue weighted by Crippen LogP contribution is -2.33. The van der Waals surface area contributed by atoms with Crippen LogP contribution in [0.2, 0.25) is 0 Å². The van der Waals surface area contributed by atoms with Gasteiger partial charge in [-0.1, -0.05) is 18.2 Å². The van der Waals surface area contributed by atoms with Gasteiger partial charge in [-0.05, 0) is 66.6 Å². The van der Waals surface area contributed by atoms with Crippen molar-refractivity contribution in [3.8, 4) is 5.75 Å². The van der Waals surface area contributed by atoms with Crippen LogP contribution in [0.15, 0.2) is 77.7 Å². The van der Waals surface area contributed by atoms with Gasteiger partial charge in [0.15, 0.2) is 6.61 Å². The summed E-state index contributed by atoms with van der Waals surface area (Å²) in [6.45, 7) is 0.518. The Kier molecular flexibility index (Phi) is 5.65. The van der Waals surface area contributed by atoms with Crippen LogP contribution in [0.25, 0.3) is 0 Å². The van der Waals surface area contributed by atoms with Gasteiger partial charge in [0.05, 0.1) is 10.6 Å². The molecule has 0 unspecified atom stereocenters. The van der Waals surface area contributed by atoms with Crippen LogP contribution in [0, 0.1) is 5.82 Å². The van der Waals surface area contributed by atoms with E-state index in [4.69, 9.17) is 4.74 Å². The fourth-order valence-corrected chi connectivity index (χ4v) is 4.67. The smallest absolute Gasteiger partial charge is 0.264 e. The summed E-state index contributed by atoms with van der Waals surface area (Å²) in [5.74, 6) is -0.183. The highest BCUT2D eigenvalue weighted by molar-refractivity contribution is 7.92. The number of hydrogen-bond acceptors (Lipinski definition) is 4. The molecular formula is C23H21FN2O4S. The largest absolute Gasteiger partial charge is 0.484 e. The van der Waals surface area contributed by atoms with Gasteiger partial charge in [-0.15, -0.1) is 0 Å². The van der Waals surface area contributed by atoms with E-state index in [2.05, 4.69) is 0 Å². The Morgan fingerprint density at radius 1 is 1.03 bits per heavy atom. The molecule has 0 saturated heterocycles. The van der Waals surface area contributed by atoms with Crippen molar-refractivity contribution >= 4 is 27.3 Å². The minimum atomic E-state index is -3.82. The summed E-state index contributed by atoms with van der Waals surface area (Å²) in [7, 11) is -2.40. The maximum Gasteiger partial charge on any atom is 0.264 e. The summed E-state index contributed by atoms with van der Waals surface area (Å²) in [6, 6.07) is 18.8. The van der Waals surface area contributed by atoms with Gasteiger partial charge < -0.3 is 9.64 Å². The number of halogens is 1. The van der Waals surface area contributed by atoms with Crippen LogP contribution in [0.5, 0.6) is 5.75 Å². The zero-order valence-electron chi connectivity index (χ0n) is 16.9. The number of benzene rings is 3. The van der Waals surface area contributed by atoms with Crippen molar-refractivity contribution in [3.05, 3.63) is 84.2 Å². The first-order valence-corrected chi connectivity index (χ1v) is 11.2. The zero-order chi connectivity index (χ0) is 22.0. The fraction of sp³-hybridized carbons (Fsp3) is 0.174. The van der Waals surface area contributed by atoms with E-state index in [1.165, 1.54) is 19.2 Å². The molecule has 0 aliphatic carbocycles. The average Bonchev–Trinajstić information content (AvgIpc) is 3.22. The van der Waals surface area contributed by atoms with Crippen molar-refractivity contribution in [2.75, 3.05) is 29.4 Å². The van der Waals surface area contributed by atoms with Crippen molar-refractivity contribution in [1.29, 1.82) is 0 Å². The molecule has 0 spiro atoms. The number of ether oxygens (including phenoxy) is 1. The molecule has 1 aliphatic heterocycles. The van der Waals surface area contributed by atoms with Crippen LogP contribution >= 0.6 is 0 Å². The Morgan fingerprint density at radius 2 is 1.71 bits per heavy atom. The summed E-state index contributed by atoms with van der Waals surface area (Å²) in [5.41, 5.74) is 2.47. The average molecular weight is 440 g/mol. The summed E-state index contributed by atoms with van der Waals surface area (Å²) in [5, 5.41) is 0. The molecule has 8 heteroatoms. The molecule has 1 aliphatic rings. The lowest BCUT2D eigenvalue weighted by atomic mass is 10.2. The van der Waals surface area contributed by atoms with Crippen molar-refractivity contribution in [1.82, 2.24) is 0 Å². The van der Waals surface area contributed by atoms with Crippen LogP contribution in [0.3, 0.4) is 0 Å². The molecule has 1 amide bonds. The molecule has 6 nitrogen and oxygen atoms in total. The number of hydrogen-bond donors (Lipinski definition) is 0. The standard InChI is InChI=1S/C23H21FN2O4S/c1-25(31(28,29)21-12-6-18(24)7-13-21)19-8-10-20(11-9-19)30-16-23(27)26-15-14-17-4-2-3-5-22(17)26/h2-13H,14-16H2,1H3. The van der Waals surface area contributed by atoms with E-state index in [9.17, 15) is 17.6 Å². The Morgan fingerprint density at radius 3 is 2.42 bits per heavy atom. The van der Waals surface area contributed by atoms with E-state index in [0.29, 0.717) is 18.0 Å². The minimum absolute atomic E-state index is 0.00628. The van der Waals surface area contributed by atoms with E-state index in [1.807, 2.05) is 24.3 Å². The highest BCUT2D eigenvalue weighted by atomic mass is 32.2. The van der Waals surface area contributed by atoms with Gasteiger partial charge in [-0.2, -0.15) is 0 Å². The normalized spacial score (nSPS) is 13.0. The van der Waals surface area contributed by atoms with Crippen LogP contribution in [0.1, 0.15) is 5.56 Å². The number of anilines is 2. The van der Waals surface area contributed by atoms with Gasteiger partial charge >= 0.3 is 0 Å². The number of carbonyl (C=O) groups excluding carboxylic acids is 1. The highest BCUT2D eigenvalue weighted by Crippen LogP contribution is 2.28. The van der Waals surface area contributed by atoms with E-state index in [0.717, 1.165) is 34.1 Å². The van der Waals surface area contributed by atoms with Crippen LogP contribution in [0.4, 0.5) is 15.8 Å². The van der Waals surface area contributed by atoms with Crippen molar-refractivity contribution < 1.29 is 22.3 Å². The van der Waals surface area contributed by atoms with Crippen molar-refractivity contribution in [2.24, 2.45) is 0 Å². The Hall–Kier alpha value is -3.39. The maximum absolute atomic E-state index is 13.1. The molecule has 0 aromatic heterocycles. The van der Waals surface area contributed by atoms with Gasteiger partial charge in [0.25, 0.3) is 15.9 Å². The predicted molar refractivity (Wildman–Crippen MR) is 116 cm³/mol. The number of para-hydroxylation sites is 1. The summed E-state index contributed by atoms with van der Waals surface area (Å²) < 4.78 is 45.2. The van der Waals surface area contributed by atoms with Crippen LogP contribution in [-0.2, 0) is 21.2 Å². The fourth-order valence-electron chi connectivity index (χ4n) is 3.48. The molecule has 160 valence electrons. The Balaban J connectivity index is 1.40. The molecule has 0 fully saturated rings.